The monoisotopic (exact) mass is 327 g/mol. The first-order chi connectivity index (χ1) is 11.7. The second kappa shape index (κ2) is 8.04. The number of hydrogen-bond donors (Lipinski definition) is 1. The molecule has 0 saturated heterocycles. The average molecular weight is 327 g/mol. The maximum Gasteiger partial charge on any atom is 0.224 e. The Morgan fingerprint density at radius 3 is 2.88 bits per heavy atom. The lowest BCUT2D eigenvalue weighted by atomic mass is 9.86. The highest BCUT2D eigenvalue weighted by Gasteiger charge is 2.14. The lowest BCUT2D eigenvalue weighted by molar-refractivity contribution is -0.116. The average Bonchev–Trinajstić information content (AvgIpc) is 3.02. The molecule has 0 atom stereocenters. The molecule has 1 heterocycles. The lowest BCUT2D eigenvalue weighted by Crippen LogP contribution is -2.13. The molecule has 1 saturated carbocycles. The van der Waals surface area contributed by atoms with Gasteiger partial charge in [0.15, 0.2) is 5.82 Å². The van der Waals surface area contributed by atoms with Crippen LogP contribution in [0.25, 0.3) is 11.4 Å². The minimum absolute atomic E-state index is 0.0825. The normalized spacial score (nSPS) is 15.4. The first-order valence-electron chi connectivity index (χ1n) is 8.85. The predicted octanol–water partition coefficient (Wildman–Crippen LogP) is 3.57. The van der Waals surface area contributed by atoms with Crippen molar-refractivity contribution in [1.29, 1.82) is 0 Å². The van der Waals surface area contributed by atoms with Crippen LogP contribution in [0.2, 0.25) is 0 Å². The van der Waals surface area contributed by atoms with Crippen LogP contribution in [-0.2, 0) is 11.8 Å². The zero-order valence-corrected chi connectivity index (χ0v) is 14.2. The summed E-state index contributed by atoms with van der Waals surface area (Å²) in [5.74, 6) is 1.60. The molecular weight excluding hydrogens is 302 g/mol. The van der Waals surface area contributed by atoms with Crippen LogP contribution in [-0.4, -0.2) is 26.1 Å². The minimum Gasteiger partial charge on any atom is -0.326 e. The largest absolute Gasteiger partial charge is 0.326 e. The molecule has 1 fully saturated rings. The molecule has 128 valence electrons. The van der Waals surface area contributed by atoms with Gasteiger partial charge >= 0.3 is 0 Å². The molecule has 1 aromatic heterocycles. The van der Waals surface area contributed by atoms with Crippen molar-refractivity contribution in [3.05, 3.63) is 24.3 Å². The number of rotatable bonds is 6. The van der Waals surface area contributed by atoms with Gasteiger partial charge in [-0.2, -0.15) is 0 Å². The molecule has 0 unspecified atom stereocenters. The van der Waals surface area contributed by atoms with Crippen molar-refractivity contribution in [1.82, 2.24) is 20.2 Å². The summed E-state index contributed by atoms with van der Waals surface area (Å²) in [6.07, 6.45) is 9.54. The van der Waals surface area contributed by atoms with E-state index in [0.29, 0.717) is 12.2 Å². The number of aryl methyl sites for hydroxylation is 1. The topological polar surface area (TPSA) is 72.7 Å². The van der Waals surface area contributed by atoms with Crippen molar-refractivity contribution in [2.45, 2.75) is 51.4 Å². The van der Waals surface area contributed by atoms with Gasteiger partial charge in [0.05, 0.1) is 0 Å². The van der Waals surface area contributed by atoms with Gasteiger partial charge in [0.25, 0.3) is 0 Å². The van der Waals surface area contributed by atoms with Gasteiger partial charge in [0.2, 0.25) is 5.91 Å². The molecule has 3 rings (SSSR count). The Morgan fingerprint density at radius 1 is 1.29 bits per heavy atom. The summed E-state index contributed by atoms with van der Waals surface area (Å²) < 4.78 is 1.62. The van der Waals surface area contributed by atoms with E-state index in [2.05, 4.69) is 20.8 Å². The maximum absolute atomic E-state index is 12.2. The summed E-state index contributed by atoms with van der Waals surface area (Å²) in [5, 5.41) is 14.5. The molecule has 0 bridgehead atoms. The van der Waals surface area contributed by atoms with Crippen LogP contribution >= 0.6 is 0 Å². The van der Waals surface area contributed by atoms with Crippen LogP contribution in [0.4, 0.5) is 5.69 Å². The second-order valence-corrected chi connectivity index (χ2v) is 6.65. The highest BCUT2D eigenvalue weighted by atomic mass is 16.1. The Bertz CT molecular complexity index is 676. The van der Waals surface area contributed by atoms with Crippen LogP contribution in [0, 0.1) is 5.92 Å². The first kappa shape index (κ1) is 16.6. The molecule has 0 aliphatic heterocycles. The van der Waals surface area contributed by atoms with Gasteiger partial charge in [0, 0.05) is 24.7 Å². The molecule has 6 nitrogen and oxygen atoms in total. The van der Waals surface area contributed by atoms with E-state index in [1.54, 1.807) is 11.7 Å². The number of aromatic nitrogens is 4. The molecule has 1 amide bonds. The van der Waals surface area contributed by atoms with E-state index < -0.39 is 0 Å². The summed E-state index contributed by atoms with van der Waals surface area (Å²) in [6, 6.07) is 7.64. The van der Waals surface area contributed by atoms with Gasteiger partial charge in [-0.25, -0.2) is 4.68 Å². The molecule has 6 heteroatoms. The van der Waals surface area contributed by atoms with Gasteiger partial charge in [-0.05, 0) is 41.3 Å². The number of amides is 1. The zero-order chi connectivity index (χ0) is 16.8. The third-order valence-corrected chi connectivity index (χ3v) is 4.77. The Labute approximate surface area is 142 Å². The van der Waals surface area contributed by atoms with Gasteiger partial charge in [-0.15, -0.1) is 5.10 Å². The summed E-state index contributed by atoms with van der Waals surface area (Å²) in [4.78, 5) is 12.2. The summed E-state index contributed by atoms with van der Waals surface area (Å²) >= 11 is 0. The van der Waals surface area contributed by atoms with E-state index in [1.807, 2.05) is 24.3 Å². The fourth-order valence-electron chi connectivity index (χ4n) is 3.46. The van der Waals surface area contributed by atoms with Crippen LogP contribution in [0.1, 0.15) is 51.4 Å². The number of anilines is 1. The molecule has 1 aliphatic carbocycles. The van der Waals surface area contributed by atoms with E-state index >= 15 is 0 Å². The number of nitrogens with zero attached hydrogens (tertiary/aromatic N) is 4. The number of carbonyl (C=O) groups excluding carboxylic acids is 1. The molecule has 0 radical (unpaired) electrons. The van der Waals surface area contributed by atoms with E-state index in [9.17, 15) is 4.79 Å². The minimum atomic E-state index is 0.0825. The fourth-order valence-corrected chi connectivity index (χ4v) is 3.46. The summed E-state index contributed by atoms with van der Waals surface area (Å²) in [7, 11) is 1.80. The van der Waals surface area contributed by atoms with E-state index in [0.717, 1.165) is 23.6 Å². The van der Waals surface area contributed by atoms with E-state index in [-0.39, 0.29) is 5.91 Å². The lowest BCUT2D eigenvalue weighted by Gasteiger charge is -2.21. The summed E-state index contributed by atoms with van der Waals surface area (Å²) in [5.41, 5.74) is 1.68. The van der Waals surface area contributed by atoms with Gasteiger partial charge < -0.3 is 5.32 Å². The highest BCUT2D eigenvalue weighted by Crippen LogP contribution is 2.27. The third kappa shape index (κ3) is 4.40. The Balaban J connectivity index is 1.50. The molecule has 2 aromatic rings. The number of tetrazole rings is 1. The van der Waals surface area contributed by atoms with Gasteiger partial charge in [0.1, 0.15) is 0 Å². The zero-order valence-electron chi connectivity index (χ0n) is 14.2. The van der Waals surface area contributed by atoms with Gasteiger partial charge in [-0.1, -0.05) is 44.2 Å². The number of benzene rings is 1. The van der Waals surface area contributed by atoms with Gasteiger partial charge in [-0.3, -0.25) is 4.79 Å². The highest BCUT2D eigenvalue weighted by molar-refractivity contribution is 5.91. The third-order valence-electron chi connectivity index (χ3n) is 4.77. The van der Waals surface area contributed by atoms with Crippen molar-refractivity contribution in [2.24, 2.45) is 13.0 Å². The molecular formula is C18H25N5O. The van der Waals surface area contributed by atoms with E-state index in [1.165, 1.54) is 38.5 Å². The quantitative estimate of drug-likeness (QED) is 0.880. The number of nitrogens with one attached hydrogen (secondary N) is 1. The SMILES string of the molecule is Cn1nnnc1-c1cccc(NC(=O)CCCC2CCCCC2)c1. The van der Waals surface area contributed by atoms with Crippen molar-refractivity contribution < 1.29 is 4.79 Å². The summed E-state index contributed by atoms with van der Waals surface area (Å²) in [6.45, 7) is 0. The Kier molecular flexibility index (Phi) is 5.56. The smallest absolute Gasteiger partial charge is 0.224 e. The maximum atomic E-state index is 12.2. The number of hydrogen-bond acceptors (Lipinski definition) is 4. The standard InChI is InChI=1S/C18H25N5O/c1-23-18(20-21-22-23)15-10-6-11-16(13-15)19-17(24)12-5-9-14-7-3-2-4-8-14/h6,10-11,13-14H,2-5,7-9,12H2,1H3,(H,19,24). The molecule has 1 N–H and O–H groups in total. The van der Waals surface area contributed by atoms with E-state index in [4.69, 9.17) is 0 Å². The Hall–Kier alpha value is -2.24. The van der Waals surface area contributed by atoms with Crippen molar-refractivity contribution >= 4 is 11.6 Å². The van der Waals surface area contributed by atoms with Crippen molar-refractivity contribution in [3.8, 4) is 11.4 Å². The van der Waals surface area contributed by atoms with Crippen molar-refractivity contribution in [3.63, 3.8) is 0 Å². The van der Waals surface area contributed by atoms with Crippen LogP contribution < -0.4 is 5.32 Å². The van der Waals surface area contributed by atoms with Crippen molar-refractivity contribution in [2.75, 3.05) is 5.32 Å². The predicted molar refractivity (Wildman–Crippen MR) is 93.3 cm³/mol. The first-order valence-corrected chi connectivity index (χ1v) is 8.85. The molecule has 0 spiro atoms. The molecule has 24 heavy (non-hydrogen) atoms. The number of carbonyl (C=O) groups is 1. The molecule has 1 aliphatic rings. The molecule has 1 aromatic carbocycles. The fraction of sp³-hybridized carbons (Fsp3) is 0.556. The Morgan fingerprint density at radius 2 is 2.12 bits per heavy atom. The van der Waals surface area contributed by atoms with Crippen LogP contribution in [0.3, 0.4) is 0 Å². The second-order valence-electron chi connectivity index (χ2n) is 6.65. The van der Waals surface area contributed by atoms with Crippen LogP contribution in [0.15, 0.2) is 24.3 Å². The van der Waals surface area contributed by atoms with Crippen LogP contribution in [0.5, 0.6) is 0 Å².